The average Bonchev–Trinajstić information content (AvgIpc) is 3.22. The molecular weight excluding hydrogens is 308 g/mol. The van der Waals surface area contributed by atoms with E-state index in [-0.39, 0.29) is 31.2 Å². The molecule has 1 N–H and O–H groups in total. The van der Waals surface area contributed by atoms with Gasteiger partial charge in [-0.05, 0) is 26.7 Å². The van der Waals surface area contributed by atoms with Crippen LogP contribution in [-0.2, 0) is 15.1 Å². The Labute approximate surface area is 143 Å². The molecule has 1 aromatic rings. The van der Waals surface area contributed by atoms with Gasteiger partial charge in [0.15, 0.2) is 0 Å². The number of aromatic nitrogens is 3. The fourth-order valence-electron chi connectivity index (χ4n) is 3.47. The van der Waals surface area contributed by atoms with Gasteiger partial charge < -0.3 is 14.7 Å². The van der Waals surface area contributed by atoms with Crippen molar-refractivity contribution >= 4 is 5.91 Å². The molecule has 1 unspecified atom stereocenters. The van der Waals surface area contributed by atoms with Crippen molar-refractivity contribution in [1.82, 2.24) is 19.9 Å². The lowest BCUT2D eigenvalue weighted by molar-refractivity contribution is -0.138. The molecule has 0 aromatic carbocycles. The number of aliphatic hydroxyl groups is 1. The molecule has 2 heterocycles. The van der Waals surface area contributed by atoms with Gasteiger partial charge in [0.2, 0.25) is 5.91 Å². The molecule has 1 aliphatic carbocycles. The number of amides is 1. The Kier molecular flexibility index (Phi) is 5.20. The first-order valence-electron chi connectivity index (χ1n) is 9.02. The lowest BCUT2D eigenvalue weighted by Crippen LogP contribution is -2.37. The van der Waals surface area contributed by atoms with E-state index in [1.807, 2.05) is 13.8 Å². The number of carbonyl (C=O) groups excluding carboxylic acids is 1. The minimum absolute atomic E-state index is 0.0484. The smallest absolute Gasteiger partial charge is 0.248 e. The minimum atomic E-state index is -1.10. The van der Waals surface area contributed by atoms with Gasteiger partial charge in [-0.15, -0.1) is 5.10 Å². The average molecular weight is 336 g/mol. The largest absolute Gasteiger partial charge is 0.381 e. The maximum Gasteiger partial charge on any atom is 0.248 e. The molecule has 24 heavy (non-hydrogen) atoms. The highest BCUT2D eigenvalue weighted by atomic mass is 16.5. The Morgan fingerprint density at radius 1 is 1.42 bits per heavy atom. The van der Waals surface area contributed by atoms with Crippen molar-refractivity contribution in [3.63, 3.8) is 0 Å². The van der Waals surface area contributed by atoms with Crippen LogP contribution < -0.4 is 0 Å². The maximum absolute atomic E-state index is 12.4. The molecule has 2 fully saturated rings. The van der Waals surface area contributed by atoms with Crippen LogP contribution in [0.15, 0.2) is 6.20 Å². The highest BCUT2D eigenvalue weighted by molar-refractivity contribution is 5.78. The highest BCUT2D eigenvalue weighted by Crippen LogP contribution is 2.31. The summed E-state index contributed by atoms with van der Waals surface area (Å²) in [7, 11) is 0. The van der Waals surface area contributed by atoms with Crippen LogP contribution >= 0.6 is 0 Å². The van der Waals surface area contributed by atoms with Crippen LogP contribution in [0.5, 0.6) is 0 Å². The third-order valence-corrected chi connectivity index (χ3v) is 5.11. The van der Waals surface area contributed by atoms with Gasteiger partial charge in [-0.25, -0.2) is 4.68 Å². The number of likely N-dealkylation sites (tertiary alicyclic amines) is 1. The second-order valence-corrected chi connectivity index (χ2v) is 7.35. The van der Waals surface area contributed by atoms with E-state index >= 15 is 0 Å². The van der Waals surface area contributed by atoms with E-state index in [4.69, 9.17) is 4.74 Å². The topological polar surface area (TPSA) is 80.5 Å². The molecule has 1 saturated heterocycles. The first kappa shape index (κ1) is 17.4. The lowest BCUT2D eigenvalue weighted by atomic mass is 9.98. The Bertz CT molecular complexity index is 568. The number of rotatable bonds is 5. The molecule has 0 radical (unpaired) electrons. The molecule has 1 atom stereocenters. The Morgan fingerprint density at radius 2 is 2.17 bits per heavy atom. The standard InChI is InChI=1S/C17H28N4O3/c1-13(2)21-10-15(18-19-21)17(23)8-9-20(12-17)16(22)11-24-14-6-4-3-5-7-14/h10,13-14,23H,3-9,11-12H2,1-2H3. The third-order valence-electron chi connectivity index (χ3n) is 5.11. The first-order chi connectivity index (χ1) is 11.5. The summed E-state index contributed by atoms with van der Waals surface area (Å²) < 4.78 is 7.49. The zero-order chi connectivity index (χ0) is 17.2. The monoisotopic (exact) mass is 336 g/mol. The summed E-state index contributed by atoms with van der Waals surface area (Å²) in [5.74, 6) is -0.0484. The van der Waals surface area contributed by atoms with E-state index in [0.29, 0.717) is 18.7 Å². The van der Waals surface area contributed by atoms with Crippen LogP contribution in [0.3, 0.4) is 0 Å². The summed E-state index contributed by atoms with van der Waals surface area (Å²) in [6, 6.07) is 0.192. The molecule has 1 aliphatic heterocycles. The van der Waals surface area contributed by atoms with Crippen LogP contribution in [0.4, 0.5) is 0 Å². The van der Waals surface area contributed by atoms with Gasteiger partial charge in [0.05, 0.1) is 18.8 Å². The number of nitrogens with zero attached hydrogens (tertiary/aromatic N) is 4. The van der Waals surface area contributed by atoms with Gasteiger partial charge in [0.25, 0.3) is 0 Å². The molecule has 0 spiro atoms. The fraction of sp³-hybridized carbons (Fsp3) is 0.824. The number of hydrogen-bond acceptors (Lipinski definition) is 5. The summed E-state index contributed by atoms with van der Waals surface area (Å²) in [5.41, 5.74) is -0.562. The van der Waals surface area contributed by atoms with Crippen LogP contribution in [0.25, 0.3) is 0 Å². The number of carbonyl (C=O) groups is 1. The van der Waals surface area contributed by atoms with Crippen LogP contribution in [0.2, 0.25) is 0 Å². The predicted octanol–water partition coefficient (Wildman–Crippen LogP) is 1.63. The van der Waals surface area contributed by atoms with Gasteiger partial charge in [-0.3, -0.25) is 4.79 Å². The number of hydrogen-bond donors (Lipinski definition) is 1. The highest BCUT2D eigenvalue weighted by Gasteiger charge is 2.42. The maximum atomic E-state index is 12.4. The third kappa shape index (κ3) is 3.78. The molecule has 1 amide bonds. The summed E-state index contributed by atoms with van der Waals surface area (Å²) in [6.07, 6.45) is 8.22. The van der Waals surface area contributed by atoms with Gasteiger partial charge in [0.1, 0.15) is 17.9 Å². The van der Waals surface area contributed by atoms with E-state index in [2.05, 4.69) is 10.3 Å². The van der Waals surface area contributed by atoms with E-state index < -0.39 is 5.60 Å². The molecule has 7 heteroatoms. The van der Waals surface area contributed by atoms with Crippen molar-refractivity contribution in [2.45, 2.75) is 70.1 Å². The Morgan fingerprint density at radius 3 is 2.83 bits per heavy atom. The van der Waals surface area contributed by atoms with E-state index in [9.17, 15) is 9.90 Å². The Balaban J connectivity index is 1.54. The summed E-state index contributed by atoms with van der Waals surface area (Å²) >= 11 is 0. The van der Waals surface area contributed by atoms with Crippen LogP contribution in [-0.4, -0.2) is 56.7 Å². The van der Waals surface area contributed by atoms with E-state index in [0.717, 1.165) is 12.8 Å². The molecule has 1 saturated carbocycles. The summed E-state index contributed by atoms with van der Waals surface area (Å²) in [5, 5.41) is 19.0. The Hall–Kier alpha value is -1.47. The van der Waals surface area contributed by atoms with Gasteiger partial charge >= 0.3 is 0 Å². The second kappa shape index (κ2) is 7.19. The quantitative estimate of drug-likeness (QED) is 0.884. The van der Waals surface area contributed by atoms with Crippen molar-refractivity contribution in [3.8, 4) is 0 Å². The second-order valence-electron chi connectivity index (χ2n) is 7.35. The zero-order valence-corrected chi connectivity index (χ0v) is 14.6. The van der Waals surface area contributed by atoms with Crippen molar-refractivity contribution in [2.75, 3.05) is 19.7 Å². The van der Waals surface area contributed by atoms with Crippen LogP contribution in [0, 0.1) is 0 Å². The summed E-state index contributed by atoms with van der Waals surface area (Å²) in [6.45, 7) is 4.92. The van der Waals surface area contributed by atoms with Gasteiger partial charge in [-0.1, -0.05) is 24.5 Å². The van der Waals surface area contributed by atoms with Crippen LogP contribution in [0.1, 0.15) is 64.1 Å². The lowest BCUT2D eigenvalue weighted by Gasteiger charge is -2.24. The van der Waals surface area contributed by atoms with Gasteiger partial charge in [0, 0.05) is 19.0 Å². The van der Waals surface area contributed by atoms with E-state index in [1.165, 1.54) is 19.3 Å². The molecule has 0 bridgehead atoms. The molecule has 1 aromatic heterocycles. The fourth-order valence-corrected chi connectivity index (χ4v) is 3.47. The van der Waals surface area contributed by atoms with Crippen molar-refractivity contribution in [1.29, 1.82) is 0 Å². The molecule has 3 rings (SSSR count). The molecule has 134 valence electrons. The first-order valence-corrected chi connectivity index (χ1v) is 9.02. The number of ether oxygens (including phenoxy) is 1. The molecular formula is C17H28N4O3. The van der Waals surface area contributed by atoms with Crippen molar-refractivity contribution < 1.29 is 14.6 Å². The van der Waals surface area contributed by atoms with E-state index in [1.54, 1.807) is 15.8 Å². The number of β-amino-alcohol motifs (C(OH)–C–C–N with tert-alkyl or cyclic N) is 1. The molecule has 7 nitrogen and oxygen atoms in total. The normalized spacial score (nSPS) is 25.6. The minimum Gasteiger partial charge on any atom is -0.381 e. The predicted molar refractivity (Wildman–Crippen MR) is 88.3 cm³/mol. The molecule has 2 aliphatic rings. The van der Waals surface area contributed by atoms with Gasteiger partial charge in [-0.2, -0.15) is 0 Å². The van der Waals surface area contributed by atoms with Crippen molar-refractivity contribution in [2.24, 2.45) is 0 Å². The van der Waals surface area contributed by atoms with Crippen molar-refractivity contribution in [3.05, 3.63) is 11.9 Å². The zero-order valence-electron chi connectivity index (χ0n) is 14.6. The summed E-state index contributed by atoms with van der Waals surface area (Å²) in [4.78, 5) is 14.0. The SMILES string of the molecule is CC(C)n1cc(C2(O)CCN(C(=O)COC3CCCCC3)C2)nn1.